The number of anilines is 1. The molecule has 0 aromatic carbocycles. The second-order valence-corrected chi connectivity index (χ2v) is 7.23. The number of nitrogens with one attached hydrogen (secondary N) is 2. The zero-order chi connectivity index (χ0) is 16.5. The summed E-state index contributed by atoms with van der Waals surface area (Å²) in [5, 5.41) is 6.17. The van der Waals surface area contributed by atoms with Gasteiger partial charge in [0.25, 0.3) is 5.91 Å². The monoisotopic (exact) mass is 361 g/mol. The van der Waals surface area contributed by atoms with Crippen LogP contribution in [-0.2, 0) is 0 Å². The number of halogens is 1. The average molecular weight is 362 g/mol. The zero-order valence-electron chi connectivity index (χ0n) is 12.8. The molecular formula is C16H16ClN5OS. The third-order valence-corrected chi connectivity index (χ3v) is 5.35. The number of carbonyl (C=O) groups excluding carboxylic acids is 1. The van der Waals surface area contributed by atoms with Gasteiger partial charge in [0.15, 0.2) is 0 Å². The number of imidazole rings is 1. The summed E-state index contributed by atoms with van der Waals surface area (Å²) in [6.45, 7) is 2.06. The fourth-order valence-electron chi connectivity index (χ4n) is 3.05. The lowest BCUT2D eigenvalue weighted by molar-refractivity contribution is 0.102. The van der Waals surface area contributed by atoms with E-state index in [-0.39, 0.29) is 5.91 Å². The second kappa shape index (κ2) is 6.51. The van der Waals surface area contributed by atoms with Gasteiger partial charge < -0.3 is 10.6 Å². The van der Waals surface area contributed by atoms with Gasteiger partial charge >= 0.3 is 0 Å². The maximum Gasteiger partial charge on any atom is 0.274 e. The van der Waals surface area contributed by atoms with E-state index in [2.05, 4.69) is 26.1 Å². The molecule has 1 amide bonds. The minimum absolute atomic E-state index is 0.243. The van der Waals surface area contributed by atoms with E-state index in [4.69, 9.17) is 11.6 Å². The van der Waals surface area contributed by atoms with Crippen molar-refractivity contribution in [1.29, 1.82) is 0 Å². The van der Waals surface area contributed by atoms with E-state index in [1.807, 2.05) is 16.7 Å². The number of amides is 1. The van der Waals surface area contributed by atoms with Crippen LogP contribution in [0.1, 0.15) is 34.8 Å². The Morgan fingerprint density at radius 2 is 2.17 bits per heavy atom. The molecule has 0 atom stereocenters. The molecule has 0 bridgehead atoms. The SMILES string of the molecule is O=C(Nc1cnsc1Cl)c1cnc2ccc(C3CCNCC3)cn12. The molecular weight excluding hydrogens is 346 g/mol. The summed E-state index contributed by atoms with van der Waals surface area (Å²) in [6, 6.07) is 4.08. The first kappa shape index (κ1) is 15.6. The van der Waals surface area contributed by atoms with E-state index in [0.717, 1.165) is 43.1 Å². The molecule has 1 saturated heterocycles. The predicted octanol–water partition coefficient (Wildman–Crippen LogP) is 3.16. The molecule has 0 aliphatic carbocycles. The van der Waals surface area contributed by atoms with Crippen LogP contribution in [0.2, 0.25) is 4.34 Å². The molecule has 4 rings (SSSR count). The van der Waals surface area contributed by atoms with Gasteiger partial charge in [0.2, 0.25) is 0 Å². The molecule has 1 aliphatic heterocycles. The molecule has 0 saturated carbocycles. The lowest BCUT2D eigenvalue weighted by Gasteiger charge is -2.23. The Labute approximate surface area is 148 Å². The quantitative estimate of drug-likeness (QED) is 0.751. The Morgan fingerprint density at radius 3 is 2.92 bits per heavy atom. The molecule has 3 aromatic heterocycles. The lowest BCUT2D eigenvalue weighted by Crippen LogP contribution is -2.26. The minimum Gasteiger partial charge on any atom is -0.317 e. The van der Waals surface area contributed by atoms with Crippen molar-refractivity contribution in [3.05, 3.63) is 46.3 Å². The third-order valence-electron chi connectivity index (χ3n) is 4.35. The maximum atomic E-state index is 12.6. The second-order valence-electron chi connectivity index (χ2n) is 5.83. The highest BCUT2D eigenvalue weighted by molar-refractivity contribution is 7.11. The molecule has 1 aliphatic rings. The van der Waals surface area contributed by atoms with Crippen LogP contribution in [-0.4, -0.2) is 32.8 Å². The Hall–Kier alpha value is -1.96. The fraction of sp³-hybridized carbons (Fsp3) is 0.312. The van der Waals surface area contributed by atoms with Crippen LogP contribution in [0, 0.1) is 0 Å². The van der Waals surface area contributed by atoms with Crippen molar-refractivity contribution in [1.82, 2.24) is 19.1 Å². The first-order valence-electron chi connectivity index (χ1n) is 7.81. The summed E-state index contributed by atoms with van der Waals surface area (Å²) in [4.78, 5) is 16.9. The van der Waals surface area contributed by atoms with E-state index in [0.29, 0.717) is 21.6 Å². The summed E-state index contributed by atoms with van der Waals surface area (Å²) in [5.41, 5.74) is 3.01. The molecule has 0 spiro atoms. The molecule has 2 N–H and O–H groups in total. The molecule has 4 heterocycles. The maximum absolute atomic E-state index is 12.6. The first-order valence-corrected chi connectivity index (χ1v) is 8.97. The highest BCUT2D eigenvalue weighted by Gasteiger charge is 2.18. The van der Waals surface area contributed by atoms with Crippen molar-refractivity contribution in [3.8, 4) is 0 Å². The van der Waals surface area contributed by atoms with Crippen LogP contribution in [0.4, 0.5) is 5.69 Å². The van der Waals surface area contributed by atoms with Gasteiger partial charge in [-0.3, -0.25) is 9.20 Å². The molecule has 3 aromatic rings. The zero-order valence-corrected chi connectivity index (χ0v) is 14.4. The van der Waals surface area contributed by atoms with Gasteiger partial charge in [-0.2, -0.15) is 4.37 Å². The van der Waals surface area contributed by atoms with E-state index >= 15 is 0 Å². The van der Waals surface area contributed by atoms with Gasteiger partial charge in [-0.25, -0.2) is 4.98 Å². The summed E-state index contributed by atoms with van der Waals surface area (Å²) < 4.78 is 6.27. The van der Waals surface area contributed by atoms with E-state index in [1.165, 1.54) is 5.56 Å². The van der Waals surface area contributed by atoms with Gasteiger partial charge in [-0.15, -0.1) is 0 Å². The van der Waals surface area contributed by atoms with Gasteiger partial charge in [-0.1, -0.05) is 17.7 Å². The van der Waals surface area contributed by atoms with Gasteiger partial charge in [0, 0.05) is 6.20 Å². The average Bonchev–Trinajstić information content (AvgIpc) is 3.21. The van der Waals surface area contributed by atoms with Gasteiger partial charge in [0.05, 0.1) is 18.1 Å². The third kappa shape index (κ3) is 2.90. The molecule has 0 radical (unpaired) electrons. The normalized spacial score (nSPS) is 15.7. The summed E-state index contributed by atoms with van der Waals surface area (Å²) >= 11 is 7.14. The molecule has 0 unspecified atom stereocenters. The van der Waals surface area contributed by atoms with E-state index in [9.17, 15) is 4.79 Å². The van der Waals surface area contributed by atoms with Gasteiger partial charge in [0.1, 0.15) is 15.7 Å². The smallest absolute Gasteiger partial charge is 0.274 e. The van der Waals surface area contributed by atoms with Crippen LogP contribution >= 0.6 is 23.1 Å². The van der Waals surface area contributed by atoms with E-state index < -0.39 is 0 Å². The van der Waals surface area contributed by atoms with Crippen molar-refractivity contribution in [2.45, 2.75) is 18.8 Å². The van der Waals surface area contributed by atoms with Crippen LogP contribution in [0.25, 0.3) is 5.65 Å². The Bertz CT molecular complexity index is 884. The van der Waals surface area contributed by atoms with Crippen molar-refractivity contribution in [2.24, 2.45) is 0 Å². The molecule has 124 valence electrons. The van der Waals surface area contributed by atoms with Crippen LogP contribution in [0.5, 0.6) is 0 Å². The summed E-state index contributed by atoms with van der Waals surface area (Å²) in [5.74, 6) is 0.275. The number of pyridine rings is 1. The van der Waals surface area contributed by atoms with Crippen LogP contribution in [0.3, 0.4) is 0 Å². The number of piperidine rings is 1. The number of fused-ring (bicyclic) bond motifs is 1. The van der Waals surface area contributed by atoms with Crippen molar-refractivity contribution in [2.75, 3.05) is 18.4 Å². The van der Waals surface area contributed by atoms with Crippen molar-refractivity contribution >= 4 is 40.4 Å². The Balaban J connectivity index is 1.65. The fourth-order valence-corrected chi connectivity index (χ4v) is 3.72. The van der Waals surface area contributed by atoms with Gasteiger partial charge in [-0.05, 0) is 55.0 Å². The van der Waals surface area contributed by atoms with Crippen molar-refractivity contribution in [3.63, 3.8) is 0 Å². The number of nitrogens with zero attached hydrogens (tertiary/aromatic N) is 3. The molecule has 8 heteroatoms. The first-order chi connectivity index (χ1) is 11.7. The molecule has 24 heavy (non-hydrogen) atoms. The van der Waals surface area contributed by atoms with Crippen LogP contribution < -0.4 is 10.6 Å². The number of aromatic nitrogens is 3. The summed E-state index contributed by atoms with van der Waals surface area (Å²) in [6.07, 6.45) is 7.38. The predicted molar refractivity (Wildman–Crippen MR) is 95.1 cm³/mol. The number of carbonyl (C=O) groups is 1. The number of rotatable bonds is 3. The highest BCUT2D eigenvalue weighted by atomic mass is 35.5. The van der Waals surface area contributed by atoms with E-state index in [1.54, 1.807) is 12.4 Å². The highest BCUT2D eigenvalue weighted by Crippen LogP contribution is 2.27. The Kier molecular flexibility index (Phi) is 4.22. The standard InChI is InChI=1S/C16H16ClN5OS/c17-15-12(7-20-24-15)21-16(23)13-8-19-14-2-1-11(9-22(13)14)10-3-5-18-6-4-10/h1-2,7-10,18H,3-6H2,(H,21,23). The summed E-state index contributed by atoms with van der Waals surface area (Å²) in [7, 11) is 0. The van der Waals surface area contributed by atoms with Crippen LogP contribution in [0.15, 0.2) is 30.7 Å². The molecule has 6 nitrogen and oxygen atoms in total. The molecule has 1 fully saturated rings. The Morgan fingerprint density at radius 1 is 1.33 bits per heavy atom. The minimum atomic E-state index is -0.243. The number of hydrogen-bond acceptors (Lipinski definition) is 5. The number of hydrogen-bond donors (Lipinski definition) is 2. The topological polar surface area (TPSA) is 71.3 Å². The van der Waals surface area contributed by atoms with Crippen molar-refractivity contribution < 1.29 is 4.79 Å². The lowest BCUT2D eigenvalue weighted by atomic mass is 9.91. The largest absolute Gasteiger partial charge is 0.317 e.